The first kappa shape index (κ1) is 31.8. The van der Waals surface area contributed by atoms with Gasteiger partial charge in [0.1, 0.15) is 0 Å². The maximum Gasteiger partial charge on any atom is 0.0812 e. The van der Waals surface area contributed by atoms with Gasteiger partial charge in [0.05, 0.1) is 23.0 Å². The molecule has 1 aromatic rings. The minimum atomic E-state index is 0.0665. The molecule has 1 fully saturated rings. The SMILES string of the molecule is CCC#CC(CC)C(=Nc1c(C)cc(C2CCNCC2)cc1C)C(/C=C(/C)CCCC(C)=CC(C)C)=NC. The first-order chi connectivity index (χ1) is 18.2. The van der Waals surface area contributed by atoms with Crippen molar-refractivity contribution in [1.82, 2.24) is 5.32 Å². The zero-order valence-electron chi connectivity index (χ0n) is 25.8. The smallest absolute Gasteiger partial charge is 0.0812 e. The van der Waals surface area contributed by atoms with Gasteiger partial charge in [0, 0.05) is 13.5 Å². The number of allylic oxidation sites excluding steroid dienone is 4. The molecule has 208 valence electrons. The van der Waals surface area contributed by atoms with E-state index in [0.29, 0.717) is 11.8 Å². The second-order valence-electron chi connectivity index (χ2n) is 11.4. The van der Waals surface area contributed by atoms with Gasteiger partial charge in [0.15, 0.2) is 0 Å². The van der Waals surface area contributed by atoms with Crippen LogP contribution in [-0.2, 0) is 0 Å². The topological polar surface area (TPSA) is 36.8 Å². The maximum atomic E-state index is 5.35. The molecule has 1 atom stereocenters. The van der Waals surface area contributed by atoms with E-state index in [1.54, 1.807) is 0 Å². The van der Waals surface area contributed by atoms with Crippen LogP contribution < -0.4 is 5.32 Å². The summed E-state index contributed by atoms with van der Waals surface area (Å²) < 4.78 is 0. The Bertz CT molecular complexity index is 1060. The van der Waals surface area contributed by atoms with E-state index in [1.165, 1.54) is 40.7 Å². The predicted octanol–water partition coefficient (Wildman–Crippen LogP) is 9.07. The van der Waals surface area contributed by atoms with Crippen molar-refractivity contribution in [3.05, 3.63) is 52.1 Å². The summed E-state index contributed by atoms with van der Waals surface area (Å²) in [6, 6.07) is 4.74. The van der Waals surface area contributed by atoms with Gasteiger partial charge < -0.3 is 5.32 Å². The molecule has 3 nitrogen and oxygen atoms in total. The molecule has 1 aliphatic rings. The average molecular weight is 516 g/mol. The normalized spacial score (nSPS) is 17.0. The van der Waals surface area contributed by atoms with Gasteiger partial charge in [-0.25, -0.2) is 4.99 Å². The highest BCUT2D eigenvalue weighted by Gasteiger charge is 2.20. The molecule has 38 heavy (non-hydrogen) atoms. The summed E-state index contributed by atoms with van der Waals surface area (Å²) in [5.74, 6) is 8.14. The lowest BCUT2D eigenvalue weighted by Gasteiger charge is -2.24. The number of benzene rings is 1. The molecule has 0 aromatic heterocycles. The quantitative estimate of drug-likeness (QED) is 0.178. The van der Waals surface area contributed by atoms with Crippen molar-refractivity contribution in [2.75, 3.05) is 20.1 Å². The molecule has 0 saturated carbocycles. The first-order valence-electron chi connectivity index (χ1n) is 14.9. The van der Waals surface area contributed by atoms with Crippen LogP contribution in [0.5, 0.6) is 0 Å². The molecule has 1 N–H and O–H groups in total. The van der Waals surface area contributed by atoms with Crippen molar-refractivity contribution in [3.8, 4) is 11.8 Å². The van der Waals surface area contributed by atoms with E-state index in [4.69, 9.17) is 9.98 Å². The lowest BCUT2D eigenvalue weighted by molar-refractivity contribution is 0.460. The number of aliphatic imine (C=N–C) groups is 2. The zero-order valence-corrected chi connectivity index (χ0v) is 25.8. The van der Waals surface area contributed by atoms with Crippen LogP contribution in [0.25, 0.3) is 0 Å². The number of nitrogens with zero attached hydrogens (tertiary/aromatic N) is 2. The molecule has 0 amide bonds. The Kier molecular flexibility index (Phi) is 13.8. The van der Waals surface area contributed by atoms with Crippen LogP contribution in [0.4, 0.5) is 5.69 Å². The van der Waals surface area contributed by atoms with Crippen LogP contribution in [-0.4, -0.2) is 31.6 Å². The number of nitrogens with one attached hydrogen (secondary N) is 1. The number of piperidine rings is 1. The zero-order chi connectivity index (χ0) is 28.1. The van der Waals surface area contributed by atoms with Crippen molar-refractivity contribution in [3.63, 3.8) is 0 Å². The predicted molar refractivity (Wildman–Crippen MR) is 169 cm³/mol. The van der Waals surface area contributed by atoms with Gasteiger partial charge in [-0.15, -0.1) is 5.92 Å². The molecule has 0 aliphatic carbocycles. The van der Waals surface area contributed by atoms with E-state index in [2.05, 4.69) is 96.8 Å². The van der Waals surface area contributed by atoms with Gasteiger partial charge in [0.2, 0.25) is 0 Å². The van der Waals surface area contributed by atoms with Crippen molar-refractivity contribution in [1.29, 1.82) is 0 Å². The van der Waals surface area contributed by atoms with Crippen LogP contribution in [0, 0.1) is 37.5 Å². The van der Waals surface area contributed by atoms with E-state index >= 15 is 0 Å². The molecule has 3 heteroatoms. The fraction of sp³-hybridized carbons (Fsp3) is 0.600. The minimum absolute atomic E-state index is 0.0665. The molecular formula is C35H53N3. The third-order valence-electron chi connectivity index (χ3n) is 7.39. The van der Waals surface area contributed by atoms with E-state index in [1.807, 2.05) is 7.05 Å². The summed E-state index contributed by atoms with van der Waals surface area (Å²) in [5.41, 5.74) is 9.85. The number of rotatable bonds is 11. The van der Waals surface area contributed by atoms with Gasteiger partial charge >= 0.3 is 0 Å². The Morgan fingerprint density at radius 1 is 1.05 bits per heavy atom. The average Bonchev–Trinajstić information content (AvgIpc) is 2.88. The first-order valence-corrected chi connectivity index (χ1v) is 14.9. The molecule has 0 bridgehead atoms. The summed E-state index contributed by atoms with van der Waals surface area (Å²) in [5, 5.41) is 3.49. The van der Waals surface area contributed by atoms with Gasteiger partial charge in [-0.2, -0.15) is 0 Å². The fourth-order valence-electron chi connectivity index (χ4n) is 5.44. The molecule has 0 spiro atoms. The molecule has 0 radical (unpaired) electrons. The van der Waals surface area contributed by atoms with Crippen LogP contribution >= 0.6 is 0 Å². The molecule has 1 aliphatic heterocycles. The largest absolute Gasteiger partial charge is 0.317 e. The lowest BCUT2D eigenvalue weighted by atomic mass is 9.87. The molecule has 1 heterocycles. The van der Waals surface area contributed by atoms with E-state index in [-0.39, 0.29) is 5.92 Å². The summed E-state index contributed by atoms with van der Waals surface area (Å²) in [4.78, 5) is 10.1. The molecule has 1 unspecified atom stereocenters. The van der Waals surface area contributed by atoms with Gasteiger partial charge in [-0.3, -0.25) is 4.99 Å². The Labute approximate surface area is 234 Å². The standard InChI is InChI=1S/C35H53N3/c1-10-12-16-30(11-2)35(33(36-9)22-27(6)15-13-14-26(5)21-25(3)4)38-34-28(7)23-32(24-29(34)8)31-17-19-37-20-18-31/h21-25,30-31,37H,10-11,13-15,17-20H2,1-9H3/b26-21?,27-22-,36-33?,38-35?. The summed E-state index contributed by atoms with van der Waals surface area (Å²) >= 11 is 0. The molecular weight excluding hydrogens is 462 g/mol. The highest BCUT2D eigenvalue weighted by Crippen LogP contribution is 2.33. The van der Waals surface area contributed by atoms with E-state index < -0.39 is 0 Å². The van der Waals surface area contributed by atoms with Crippen molar-refractivity contribution >= 4 is 17.1 Å². The van der Waals surface area contributed by atoms with Crippen molar-refractivity contribution in [2.24, 2.45) is 21.8 Å². The Morgan fingerprint density at radius 3 is 2.24 bits per heavy atom. The monoisotopic (exact) mass is 515 g/mol. The molecule has 1 aromatic carbocycles. The third-order valence-corrected chi connectivity index (χ3v) is 7.39. The highest BCUT2D eigenvalue weighted by atomic mass is 14.9. The summed E-state index contributed by atoms with van der Waals surface area (Å²) in [7, 11) is 1.89. The highest BCUT2D eigenvalue weighted by molar-refractivity contribution is 6.48. The van der Waals surface area contributed by atoms with E-state index in [9.17, 15) is 0 Å². The van der Waals surface area contributed by atoms with Gasteiger partial charge in [0.25, 0.3) is 0 Å². The van der Waals surface area contributed by atoms with Gasteiger partial charge in [-0.05, 0) is 114 Å². The Balaban J connectivity index is 2.43. The second kappa shape index (κ2) is 16.5. The summed E-state index contributed by atoms with van der Waals surface area (Å²) in [6.45, 7) is 19.9. The van der Waals surface area contributed by atoms with Crippen molar-refractivity contribution < 1.29 is 0 Å². The number of hydrogen-bond acceptors (Lipinski definition) is 3. The molecule has 1 saturated heterocycles. The third kappa shape index (κ3) is 10.0. The van der Waals surface area contributed by atoms with E-state index in [0.717, 1.165) is 62.3 Å². The van der Waals surface area contributed by atoms with Crippen molar-refractivity contribution in [2.45, 2.75) is 106 Å². The lowest BCUT2D eigenvalue weighted by Crippen LogP contribution is -2.26. The number of hydrogen-bond donors (Lipinski definition) is 1. The van der Waals surface area contributed by atoms with Crippen LogP contribution in [0.1, 0.15) is 109 Å². The second-order valence-corrected chi connectivity index (χ2v) is 11.4. The van der Waals surface area contributed by atoms with Gasteiger partial charge in [-0.1, -0.05) is 63.0 Å². The fourth-order valence-corrected chi connectivity index (χ4v) is 5.44. The molecule has 2 rings (SSSR count). The van der Waals surface area contributed by atoms with Crippen LogP contribution in [0.3, 0.4) is 0 Å². The number of aryl methyl sites for hydroxylation is 2. The summed E-state index contributed by atoms with van der Waals surface area (Å²) in [6.07, 6.45) is 12.2. The minimum Gasteiger partial charge on any atom is -0.317 e. The maximum absolute atomic E-state index is 5.35. The Hall–Kier alpha value is -2.44. The Morgan fingerprint density at radius 2 is 1.68 bits per heavy atom. The van der Waals surface area contributed by atoms with Crippen LogP contribution in [0.15, 0.2) is 45.4 Å². The van der Waals surface area contributed by atoms with Crippen LogP contribution in [0.2, 0.25) is 0 Å².